The largest absolute Gasteiger partial charge is 0.382 e. The normalized spacial score (nSPS) is 10.7. The lowest BCUT2D eigenvalue weighted by atomic mass is 10.0. The van der Waals surface area contributed by atoms with Crippen LogP contribution in [0, 0.1) is 5.82 Å². The lowest BCUT2D eigenvalue weighted by molar-refractivity contribution is 0.632. The first-order valence-electron chi connectivity index (χ1n) is 6.02. The van der Waals surface area contributed by atoms with E-state index in [-0.39, 0.29) is 10.8 Å². The second-order valence-corrected chi connectivity index (χ2v) is 4.73. The Kier molecular flexibility index (Phi) is 3.16. The van der Waals surface area contributed by atoms with Crippen LogP contribution >= 0.6 is 11.6 Å². The van der Waals surface area contributed by atoms with Crippen molar-refractivity contribution in [3.05, 3.63) is 59.4 Å². The minimum atomic E-state index is -0.501. The second kappa shape index (κ2) is 4.98. The van der Waals surface area contributed by atoms with E-state index in [1.807, 2.05) is 30.3 Å². The minimum Gasteiger partial charge on any atom is -0.382 e. The van der Waals surface area contributed by atoms with Gasteiger partial charge in [-0.05, 0) is 6.07 Å². The molecule has 0 atom stereocenters. The summed E-state index contributed by atoms with van der Waals surface area (Å²) in [5.74, 6) is -0.260. The summed E-state index contributed by atoms with van der Waals surface area (Å²) >= 11 is 5.84. The van der Waals surface area contributed by atoms with Crippen LogP contribution in [0.2, 0.25) is 5.02 Å². The van der Waals surface area contributed by atoms with E-state index >= 15 is 0 Å². The number of aromatic amines is 1. The lowest BCUT2D eigenvalue weighted by Crippen LogP contribution is -1.92. The fourth-order valence-corrected chi connectivity index (χ4v) is 2.31. The van der Waals surface area contributed by atoms with Crippen LogP contribution in [0.15, 0.2) is 48.5 Å². The van der Waals surface area contributed by atoms with Crippen molar-refractivity contribution in [1.29, 1.82) is 0 Å². The molecule has 3 rings (SSSR count). The number of nitrogens with one attached hydrogen (secondary N) is 1. The summed E-state index contributed by atoms with van der Waals surface area (Å²) in [5.41, 5.74) is 8.29. The summed E-state index contributed by atoms with van der Waals surface area (Å²) in [4.78, 5) is 0. The number of benzene rings is 2. The zero-order valence-corrected chi connectivity index (χ0v) is 11.2. The zero-order chi connectivity index (χ0) is 14.1. The van der Waals surface area contributed by atoms with Crippen molar-refractivity contribution in [3.63, 3.8) is 0 Å². The topological polar surface area (TPSA) is 54.7 Å². The molecule has 0 bridgehead atoms. The van der Waals surface area contributed by atoms with Crippen molar-refractivity contribution in [3.8, 4) is 22.4 Å². The summed E-state index contributed by atoms with van der Waals surface area (Å²) in [6.45, 7) is 0. The zero-order valence-electron chi connectivity index (χ0n) is 10.4. The van der Waals surface area contributed by atoms with Crippen LogP contribution in [0.25, 0.3) is 22.4 Å². The SMILES string of the molecule is Nc1n[nH]c(-c2ccccc2)c1-c1cccc(Cl)c1F. The number of halogens is 2. The maximum absolute atomic E-state index is 14.2. The van der Waals surface area contributed by atoms with E-state index in [9.17, 15) is 4.39 Å². The molecule has 100 valence electrons. The molecular formula is C15H11ClFN3. The van der Waals surface area contributed by atoms with Gasteiger partial charge >= 0.3 is 0 Å². The molecule has 0 aliphatic rings. The van der Waals surface area contributed by atoms with E-state index in [0.717, 1.165) is 5.56 Å². The Bertz CT molecular complexity index is 753. The molecule has 20 heavy (non-hydrogen) atoms. The molecule has 0 fully saturated rings. The average Bonchev–Trinajstić information content (AvgIpc) is 2.85. The van der Waals surface area contributed by atoms with Gasteiger partial charge in [0.25, 0.3) is 0 Å². The number of nitrogens with zero attached hydrogens (tertiary/aromatic N) is 1. The molecule has 0 amide bonds. The molecule has 0 saturated carbocycles. The van der Waals surface area contributed by atoms with Crippen molar-refractivity contribution in [2.45, 2.75) is 0 Å². The highest BCUT2D eigenvalue weighted by atomic mass is 35.5. The van der Waals surface area contributed by atoms with Gasteiger partial charge in [0.2, 0.25) is 0 Å². The van der Waals surface area contributed by atoms with Crippen LogP contribution in [-0.2, 0) is 0 Å². The van der Waals surface area contributed by atoms with Gasteiger partial charge < -0.3 is 5.73 Å². The van der Waals surface area contributed by atoms with Gasteiger partial charge in [-0.2, -0.15) is 5.10 Å². The molecule has 3 nitrogen and oxygen atoms in total. The summed E-state index contributed by atoms with van der Waals surface area (Å²) in [5, 5.41) is 6.89. The predicted molar refractivity (Wildman–Crippen MR) is 78.8 cm³/mol. The fourth-order valence-electron chi connectivity index (χ4n) is 2.14. The Morgan fingerprint density at radius 2 is 1.80 bits per heavy atom. The van der Waals surface area contributed by atoms with Crippen LogP contribution in [-0.4, -0.2) is 10.2 Å². The van der Waals surface area contributed by atoms with Gasteiger partial charge in [-0.1, -0.05) is 54.1 Å². The van der Waals surface area contributed by atoms with E-state index in [1.165, 1.54) is 6.07 Å². The van der Waals surface area contributed by atoms with Crippen LogP contribution in [0.3, 0.4) is 0 Å². The number of anilines is 1. The second-order valence-electron chi connectivity index (χ2n) is 4.33. The first-order valence-corrected chi connectivity index (χ1v) is 6.40. The number of rotatable bonds is 2. The Morgan fingerprint density at radius 3 is 2.55 bits per heavy atom. The highest BCUT2D eigenvalue weighted by Gasteiger charge is 2.18. The van der Waals surface area contributed by atoms with E-state index in [0.29, 0.717) is 16.8 Å². The van der Waals surface area contributed by atoms with Crippen molar-refractivity contribution in [2.24, 2.45) is 0 Å². The van der Waals surface area contributed by atoms with E-state index in [1.54, 1.807) is 12.1 Å². The summed E-state index contributed by atoms with van der Waals surface area (Å²) in [7, 11) is 0. The minimum absolute atomic E-state index is 0.0575. The van der Waals surface area contributed by atoms with Crippen LogP contribution in [0.5, 0.6) is 0 Å². The van der Waals surface area contributed by atoms with Gasteiger partial charge in [0.05, 0.1) is 16.3 Å². The van der Waals surface area contributed by atoms with Crippen LogP contribution in [0.4, 0.5) is 10.2 Å². The Morgan fingerprint density at radius 1 is 1.05 bits per heavy atom. The molecular weight excluding hydrogens is 277 g/mol. The fraction of sp³-hybridized carbons (Fsp3) is 0. The number of nitrogens with two attached hydrogens (primary N) is 1. The molecule has 0 unspecified atom stereocenters. The molecule has 0 aliphatic heterocycles. The predicted octanol–water partition coefficient (Wildman–Crippen LogP) is 4.12. The molecule has 0 saturated heterocycles. The molecule has 1 heterocycles. The summed E-state index contributed by atoms with van der Waals surface area (Å²) in [6, 6.07) is 14.3. The standard InChI is InChI=1S/C15H11ClFN3/c16-11-8-4-7-10(13(11)17)12-14(19-20-15(12)18)9-5-2-1-3-6-9/h1-8H,(H3,18,19,20). The number of hydrogen-bond donors (Lipinski definition) is 2. The third kappa shape index (κ3) is 2.04. The molecule has 0 radical (unpaired) electrons. The Labute approximate surface area is 120 Å². The number of aromatic nitrogens is 2. The molecule has 1 aromatic heterocycles. The molecule has 3 aromatic rings. The number of H-pyrrole nitrogens is 1. The van der Waals surface area contributed by atoms with Gasteiger partial charge in [0.1, 0.15) is 5.82 Å². The third-order valence-electron chi connectivity index (χ3n) is 3.08. The van der Waals surface area contributed by atoms with Crippen molar-refractivity contribution < 1.29 is 4.39 Å². The van der Waals surface area contributed by atoms with Gasteiger partial charge in [-0.3, -0.25) is 5.10 Å². The van der Waals surface area contributed by atoms with Gasteiger partial charge in [0, 0.05) is 11.1 Å². The lowest BCUT2D eigenvalue weighted by Gasteiger charge is -2.07. The van der Waals surface area contributed by atoms with Crippen LogP contribution in [0.1, 0.15) is 0 Å². The molecule has 2 aromatic carbocycles. The monoisotopic (exact) mass is 287 g/mol. The van der Waals surface area contributed by atoms with Crippen molar-refractivity contribution >= 4 is 17.4 Å². The smallest absolute Gasteiger partial charge is 0.153 e. The molecule has 5 heteroatoms. The number of hydrogen-bond acceptors (Lipinski definition) is 2. The average molecular weight is 288 g/mol. The van der Waals surface area contributed by atoms with Gasteiger partial charge in [-0.25, -0.2) is 4.39 Å². The summed E-state index contributed by atoms with van der Waals surface area (Å²) < 4.78 is 14.2. The quantitative estimate of drug-likeness (QED) is 0.745. The molecule has 0 aliphatic carbocycles. The van der Waals surface area contributed by atoms with Crippen molar-refractivity contribution in [1.82, 2.24) is 10.2 Å². The van der Waals surface area contributed by atoms with E-state index in [4.69, 9.17) is 17.3 Å². The van der Waals surface area contributed by atoms with Crippen molar-refractivity contribution in [2.75, 3.05) is 5.73 Å². The Hall–Kier alpha value is -2.33. The maximum atomic E-state index is 14.2. The first kappa shape index (κ1) is 12.7. The highest BCUT2D eigenvalue weighted by molar-refractivity contribution is 6.31. The highest BCUT2D eigenvalue weighted by Crippen LogP contribution is 2.37. The molecule has 3 N–H and O–H groups in total. The first-order chi connectivity index (χ1) is 9.68. The Balaban J connectivity index is 2.25. The van der Waals surface area contributed by atoms with E-state index in [2.05, 4.69) is 10.2 Å². The van der Waals surface area contributed by atoms with E-state index < -0.39 is 5.82 Å². The summed E-state index contributed by atoms with van der Waals surface area (Å²) in [6.07, 6.45) is 0. The van der Waals surface area contributed by atoms with Gasteiger partial charge in [-0.15, -0.1) is 0 Å². The third-order valence-corrected chi connectivity index (χ3v) is 3.37. The number of nitrogen functional groups attached to an aromatic ring is 1. The maximum Gasteiger partial charge on any atom is 0.153 e. The molecule has 0 spiro atoms. The van der Waals surface area contributed by atoms with Crippen LogP contribution < -0.4 is 5.73 Å². The van der Waals surface area contributed by atoms with Gasteiger partial charge in [0.15, 0.2) is 5.82 Å².